The Bertz CT molecular complexity index is 1510. The number of carbonyl (C=O) groups is 5. The van der Waals surface area contributed by atoms with Crippen molar-refractivity contribution in [3.8, 4) is 0 Å². The zero-order valence-electron chi connectivity index (χ0n) is 32.9. The highest BCUT2D eigenvalue weighted by Gasteiger charge is 2.10. The number of methoxy groups -OCH3 is 1. The molecule has 0 spiro atoms. The second kappa shape index (κ2) is 40.2. The van der Waals surface area contributed by atoms with E-state index in [0.717, 1.165) is 38.7 Å². The fourth-order valence-electron chi connectivity index (χ4n) is 3.51. The molecule has 0 aliphatic carbocycles. The van der Waals surface area contributed by atoms with Crippen LogP contribution in [0.25, 0.3) is 12.2 Å². The molecule has 0 bridgehead atoms. The lowest BCUT2D eigenvalue weighted by molar-refractivity contribution is -0.862. The maximum atomic E-state index is 10.6. The zero-order chi connectivity index (χ0) is 43.7. The molecule has 13 heteroatoms. The summed E-state index contributed by atoms with van der Waals surface area (Å²) in [5.74, 6) is -3.99. The van der Waals surface area contributed by atoms with Crippen molar-refractivity contribution >= 4 is 42.3 Å². The molecule has 0 saturated carbocycles. The molecule has 7 N–H and O–H groups in total. The summed E-state index contributed by atoms with van der Waals surface area (Å²) in [6.07, 6.45) is 6.04. The number of hydrogen-bond donors (Lipinski definition) is 6. The van der Waals surface area contributed by atoms with E-state index in [9.17, 15) is 19.2 Å². The van der Waals surface area contributed by atoms with Crippen molar-refractivity contribution in [2.24, 2.45) is 0 Å². The molecule has 1 aliphatic heterocycles. The Morgan fingerprint density at radius 1 is 0.839 bits per heavy atom. The minimum absolute atomic E-state index is 0.0557. The van der Waals surface area contributed by atoms with Gasteiger partial charge in [0.25, 0.3) is 0 Å². The van der Waals surface area contributed by atoms with E-state index in [4.69, 9.17) is 34.7 Å². The van der Waals surface area contributed by atoms with E-state index in [1.807, 2.05) is 37.4 Å². The number of aliphatic carboxylic acids is 1. The smallest absolute Gasteiger partial charge is 0.336 e. The number of allylic oxidation sites excluding steroid dienone is 1. The first kappa shape index (κ1) is 56.7. The number of aromatic carboxylic acids is 3. The van der Waals surface area contributed by atoms with Gasteiger partial charge >= 0.3 is 23.9 Å². The first-order chi connectivity index (χ1) is 26.7. The van der Waals surface area contributed by atoms with Crippen LogP contribution in [0.1, 0.15) is 67.5 Å². The van der Waals surface area contributed by atoms with Gasteiger partial charge in [0.2, 0.25) is 0 Å². The van der Waals surface area contributed by atoms with Crippen LogP contribution in [0.3, 0.4) is 0 Å². The van der Waals surface area contributed by atoms with Crippen LogP contribution in [0.4, 0.5) is 0 Å². The quantitative estimate of drug-likeness (QED) is 0.0885. The lowest BCUT2D eigenvalue weighted by Crippen LogP contribution is -3.09. The number of carbonyl (C=O) groups excluding carboxylic acids is 1. The van der Waals surface area contributed by atoms with Gasteiger partial charge in [0, 0.05) is 20.6 Å². The van der Waals surface area contributed by atoms with Crippen molar-refractivity contribution in [2.45, 2.75) is 26.4 Å². The second-order valence-corrected chi connectivity index (χ2v) is 10.4. The predicted octanol–water partition coefficient (Wildman–Crippen LogP) is 5.30. The number of carboxylic acid groups (broad SMARTS) is 4. The first-order valence-corrected chi connectivity index (χ1v) is 17.0. The van der Waals surface area contributed by atoms with Gasteiger partial charge < -0.3 is 44.9 Å². The summed E-state index contributed by atoms with van der Waals surface area (Å²) in [7, 11) is 10.8. The highest BCUT2D eigenvalue weighted by Crippen LogP contribution is 2.12. The topological polar surface area (TPSA) is 206 Å². The van der Waals surface area contributed by atoms with Gasteiger partial charge in [-0.05, 0) is 54.3 Å². The number of aldehydes is 1. The average Bonchev–Trinajstić information content (AvgIpc) is 3.20. The average molecular weight is 781 g/mol. The number of nitrogens with two attached hydrogens (primary N) is 1. The number of carboxylic acids is 4. The molecule has 56 heavy (non-hydrogen) atoms. The van der Waals surface area contributed by atoms with Crippen LogP contribution in [0.5, 0.6) is 0 Å². The molecule has 1 fully saturated rings. The summed E-state index contributed by atoms with van der Waals surface area (Å²) in [6, 6.07) is 20.7. The third-order valence-electron chi connectivity index (χ3n) is 6.01. The molecule has 0 amide bonds. The van der Waals surface area contributed by atoms with Gasteiger partial charge in [0.05, 0.1) is 49.6 Å². The molecule has 13 nitrogen and oxygen atoms in total. The molecule has 4 rings (SSSR count). The molecule has 308 valence electrons. The third-order valence-corrected chi connectivity index (χ3v) is 6.01. The van der Waals surface area contributed by atoms with E-state index in [-0.39, 0.29) is 17.5 Å². The van der Waals surface area contributed by atoms with Crippen molar-refractivity contribution < 1.29 is 64.1 Å². The zero-order valence-corrected chi connectivity index (χ0v) is 32.9. The van der Waals surface area contributed by atoms with Gasteiger partial charge in [-0.3, -0.25) is 4.79 Å². The van der Waals surface area contributed by atoms with Crippen LogP contribution < -0.4 is 10.2 Å². The van der Waals surface area contributed by atoms with Crippen LogP contribution in [0, 0.1) is 14.1 Å². The maximum absolute atomic E-state index is 10.6. The van der Waals surface area contributed by atoms with Gasteiger partial charge in [0.15, 0.2) is 0 Å². The molecule has 0 unspecified atom stereocenters. The third kappa shape index (κ3) is 33.8. The van der Waals surface area contributed by atoms with Crippen molar-refractivity contribution in [1.29, 1.82) is 0 Å². The highest BCUT2D eigenvalue weighted by molar-refractivity contribution is 5.95. The molecule has 0 radical (unpaired) electrons. The van der Waals surface area contributed by atoms with Gasteiger partial charge in [-0.25, -0.2) is 14.4 Å². The predicted molar refractivity (Wildman–Crippen MR) is 221 cm³/mol. The second-order valence-electron chi connectivity index (χ2n) is 10.4. The minimum atomic E-state index is -1.16. The maximum Gasteiger partial charge on any atom is 0.336 e. The fraction of sp³-hybridized carbons (Fsp3) is 0.233. The molecular weight excluding hydrogens is 720 g/mol. The number of morpholine rings is 1. The van der Waals surface area contributed by atoms with Crippen molar-refractivity contribution in [2.75, 3.05) is 40.5 Å². The summed E-state index contributed by atoms with van der Waals surface area (Å²) < 4.78 is 10.0. The van der Waals surface area contributed by atoms with E-state index in [1.54, 1.807) is 42.8 Å². The molecule has 1 heterocycles. The molecule has 0 aromatic heterocycles. The number of benzene rings is 3. The number of quaternary nitrogens is 2. The first-order valence-electron chi connectivity index (χ1n) is 17.0. The summed E-state index contributed by atoms with van der Waals surface area (Å²) in [6.45, 7) is 22.4. The van der Waals surface area contributed by atoms with E-state index < -0.39 is 23.9 Å². The summed E-state index contributed by atoms with van der Waals surface area (Å²) in [4.78, 5) is 51.6. The van der Waals surface area contributed by atoms with Gasteiger partial charge in [-0.1, -0.05) is 79.9 Å². The van der Waals surface area contributed by atoms with Crippen LogP contribution in [-0.4, -0.2) is 91.1 Å². The lowest BCUT2D eigenvalue weighted by Gasteiger charge is -2.24. The fourth-order valence-corrected chi connectivity index (χ4v) is 3.51. The van der Waals surface area contributed by atoms with Gasteiger partial charge in [-0.2, -0.15) is 14.1 Å². The Hall–Kier alpha value is -5.99. The molecule has 3 aromatic rings. The van der Waals surface area contributed by atoms with Crippen molar-refractivity contribution in [3.05, 3.63) is 159 Å². The van der Waals surface area contributed by atoms with Crippen LogP contribution >= 0.6 is 0 Å². The molecule has 1 aliphatic rings. The highest BCUT2D eigenvalue weighted by atomic mass is 16.5. The standard InChI is InChI=1S/C10H8O4.C9H8O2.C8H10O.C5H11NO.C5H8O2.C2H7N.C2H4O.C2H4/c1-2-6-3-7(9(11)12)5-8(4-6)10(13)14;1-2-7-5-3-4-6-8(7)9(10)11;1-9-7-8-5-3-2-4-6-8;1-6-2-4-7-5-3-6;1-2-3-4-5(6)7;1-3-2;1-2-3;1-2/h2-5H,1H2,(H,11,12)(H,13,14);2-6H,1H2,(H,10,11);2-6H,7H2,1H3;6H,1-5H2;2H,1,3-4H2,(H,6,7);1,3H2,2H3;2H,1H3;1-2H2. The van der Waals surface area contributed by atoms with Crippen LogP contribution in [0.15, 0.2) is 112 Å². The Kier molecular flexibility index (Phi) is 40.7. The number of hydrogen-bond acceptors (Lipinski definition) is 7. The van der Waals surface area contributed by atoms with Gasteiger partial charge in [-0.15, -0.1) is 19.7 Å². The van der Waals surface area contributed by atoms with E-state index in [0.29, 0.717) is 29.7 Å². The Labute approximate surface area is 331 Å². The normalized spacial score (nSPS) is 10.4. The Balaban J connectivity index is -0.000000293. The monoisotopic (exact) mass is 780 g/mol. The largest absolute Gasteiger partial charge is 0.481 e. The van der Waals surface area contributed by atoms with Gasteiger partial charge in [0.1, 0.15) is 6.29 Å². The molecule has 3 aromatic carbocycles. The van der Waals surface area contributed by atoms with E-state index in [2.05, 4.69) is 47.0 Å². The van der Waals surface area contributed by atoms with Crippen LogP contribution in [0.2, 0.25) is 0 Å². The molecular formula is C43H60N2O11. The molecule has 0 atom stereocenters. The summed E-state index contributed by atoms with van der Waals surface area (Å²) in [5.41, 5.74) is 2.53. The number of nitrogens with one attached hydrogen (secondary N) is 1. The summed E-state index contributed by atoms with van der Waals surface area (Å²) >= 11 is 0. The molecule has 1 saturated heterocycles. The summed E-state index contributed by atoms with van der Waals surface area (Å²) in [5, 5.41) is 35.8. The lowest BCUT2D eigenvalue weighted by atomic mass is 10.1. The van der Waals surface area contributed by atoms with E-state index >= 15 is 0 Å². The number of rotatable bonds is 10. The van der Waals surface area contributed by atoms with E-state index in [1.165, 1.54) is 41.7 Å². The number of ether oxygens (including phenoxy) is 2. The van der Waals surface area contributed by atoms with Crippen molar-refractivity contribution in [3.63, 3.8) is 0 Å². The van der Waals surface area contributed by atoms with Crippen LogP contribution in [-0.2, 0) is 25.7 Å². The van der Waals surface area contributed by atoms with Crippen molar-refractivity contribution in [1.82, 2.24) is 0 Å². The SMILES string of the molecule is C=C.C=CCCC(=O)O.C=Cc1cc(C(=O)O)cc(C(=O)O)c1.C=Cc1ccccc1C(=O)O.CC=O.COCc1ccccc1.[CH2-][NH+]1CCOCC1.[CH2-][NH2+]C. The Morgan fingerprint density at radius 3 is 1.61 bits per heavy atom. The minimum Gasteiger partial charge on any atom is -0.481 e. The Morgan fingerprint density at radius 2 is 1.30 bits per heavy atom.